The molecule has 5 nitrogen and oxygen atoms in total. The molecule has 0 radical (unpaired) electrons. The number of nitrogens with zero attached hydrogens (tertiary/aromatic N) is 1. The third-order valence-corrected chi connectivity index (χ3v) is 6.45. The molecule has 1 atom stereocenters. The van der Waals surface area contributed by atoms with Gasteiger partial charge in [-0.15, -0.1) is 23.1 Å². The van der Waals surface area contributed by atoms with Crippen LogP contribution in [0.4, 0.5) is 5.69 Å². The van der Waals surface area contributed by atoms with Crippen LogP contribution in [0.3, 0.4) is 0 Å². The van der Waals surface area contributed by atoms with E-state index in [0.717, 1.165) is 10.2 Å². The fourth-order valence-electron chi connectivity index (χ4n) is 2.34. The first-order valence-corrected chi connectivity index (χ1v) is 9.99. The molecule has 0 bridgehead atoms. The van der Waals surface area contributed by atoms with E-state index in [4.69, 9.17) is 4.74 Å². The zero-order valence-electron chi connectivity index (χ0n) is 12.8. The first-order chi connectivity index (χ1) is 11.6. The highest BCUT2D eigenvalue weighted by atomic mass is 79.9. The summed E-state index contributed by atoms with van der Waals surface area (Å²) in [5.41, 5.74) is 0.683. The second kappa shape index (κ2) is 7.58. The van der Waals surface area contributed by atoms with Crippen molar-refractivity contribution in [3.8, 4) is 5.75 Å². The quantitative estimate of drug-likeness (QED) is 0.809. The molecule has 2 heterocycles. The number of thiophene rings is 1. The molecule has 0 aliphatic carbocycles. The summed E-state index contributed by atoms with van der Waals surface area (Å²) in [7, 11) is 1.59. The largest absolute Gasteiger partial charge is 0.497 e. The maximum Gasteiger partial charge on any atom is 0.266 e. The van der Waals surface area contributed by atoms with E-state index in [1.54, 1.807) is 48.0 Å². The number of anilines is 1. The molecule has 1 aliphatic rings. The van der Waals surface area contributed by atoms with Crippen LogP contribution in [0.5, 0.6) is 5.75 Å². The Labute approximate surface area is 156 Å². The monoisotopic (exact) mass is 426 g/mol. The minimum atomic E-state index is -0.474. The third-order valence-electron chi connectivity index (χ3n) is 3.61. The Morgan fingerprint density at radius 1 is 1.29 bits per heavy atom. The van der Waals surface area contributed by atoms with Gasteiger partial charge >= 0.3 is 0 Å². The van der Waals surface area contributed by atoms with Crippen molar-refractivity contribution in [1.29, 1.82) is 0 Å². The molecule has 0 saturated carbocycles. The molecule has 3 rings (SSSR count). The lowest BCUT2D eigenvalue weighted by Crippen LogP contribution is -2.44. The molecule has 1 N–H and O–H groups in total. The smallest absolute Gasteiger partial charge is 0.266 e. The zero-order chi connectivity index (χ0) is 17.1. The van der Waals surface area contributed by atoms with Gasteiger partial charge in [0, 0.05) is 15.9 Å². The number of rotatable bonds is 4. The number of hydrogen-bond donors (Lipinski definition) is 1. The molecule has 1 fully saturated rings. The Kier molecular flexibility index (Phi) is 5.47. The minimum Gasteiger partial charge on any atom is -0.497 e. The summed E-state index contributed by atoms with van der Waals surface area (Å²) in [5.74, 6) is 1.55. The van der Waals surface area contributed by atoms with Crippen molar-refractivity contribution in [2.24, 2.45) is 0 Å². The fraction of sp³-hybridized carbons (Fsp3) is 0.250. The highest BCUT2D eigenvalue weighted by Crippen LogP contribution is 2.29. The van der Waals surface area contributed by atoms with E-state index in [-0.39, 0.29) is 11.8 Å². The highest BCUT2D eigenvalue weighted by molar-refractivity contribution is 9.10. The number of carbonyl (C=O) groups excluding carboxylic acids is 2. The van der Waals surface area contributed by atoms with Crippen molar-refractivity contribution in [3.05, 3.63) is 45.1 Å². The van der Waals surface area contributed by atoms with Gasteiger partial charge in [-0.05, 0) is 51.6 Å². The van der Waals surface area contributed by atoms with E-state index in [2.05, 4.69) is 21.2 Å². The number of carbonyl (C=O) groups is 2. The van der Waals surface area contributed by atoms with E-state index in [1.165, 1.54) is 11.3 Å². The molecule has 0 spiro atoms. The van der Waals surface area contributed by atoms with Crippen LogP contribution in [0.15, 0.2) is 40.2 Å². The maximum absolute atomic E-state index is 12.7. The number of thioether (sulfide) groups is 1. The van der Waals surface area contributed by atoms with Gasteiger partial charge in [0.05, 0.1) is 13.0 Å². The molecule has 126 valence electrons. The van der Waals surface area contributed by atoms with Crippen LogP contribution in [0.1, 0.15) is 9.67 Å². The Morgan fingerprint density at radius 3 is 2.67 bits per heavy atom. The molecule has 8 heteroatoms. The summed E-state index contributed by atoms with van der Waals surface area (Å²) >= 11 is 6.34. The SMILES string of the molecule is COc1ccc(NC(=O)C2CSCN2C(=O)c2sccc2Br)cc1. The molecule has 1 aliphatic heterocycles. The first kappa shape index (κ1) is 17.3. The molecule has 2 amide bonds. The lowest BCUT2D eigenvalue weighted by atomic mass is 10.2. The van der Waals surface area contributed by atoms with Crippen molar-refractivity contribution in [2.45, 2.75) is 6.04 Å². The predicted molar refractivity (Wildman–Crippen MR) is 101 cm³/mol. The van der Waals surface area contributed by atoms with Gasteiger partial charge in [0.25, 0.3) is 5.91 Å². The number of hydrogen-bond acceptors (Lipinski definition) is 5. The Balaban J connectivity index is 1.71. The summed E-state index contributed by atoms with van der Waals surface area (Å²) in [5, 5.41) is 4.72. The van der Waals surface area contributed by atoms with Gasteiger partial charge in [-0.2, -0.15) is 0 Å². The molecule has 1 aromatic heterocycles. The van der Waals surface area contributed by atoms with Crippen LogP contribution in [-0.2, 0) is 4.79 Å². The lowest BCUT2D eigenvalue weighted by Gasteiger charge is -2.22. The van der Waals surface area contributed by atoms with E-state index in [1.807, 2.05) is 11.4 Å². The topological polar surface area (TPSA) is 58.6 Å². The molecule has 1 saturated heterocycles. The molecule has 1 aromatic carbocycles. The summed E-state index contributed by atoms with van der Waals surface area (Å²) in [6.45, 7) is 0. The summed E-state index contributed by atoms with van der Waals surface area (Å²) in [6.07, 6.45) is 0. The fourth-order valence-corrected chi connectivity index (χ4v) is 4.99. The van der Waals surface area contributed by atoms with E-state index < -0.39 is 6.04 Å². The Hall–Kier alpha value is -1.51. The third kappa shape index (κ3) is 3.60. The van der Waals surface area contributed by atoms with Gasteiger partial charge in [0.1, 0.15) is 16.7 Å². The number of methoxy groups -OCH3 is 1. The van der Waals surface area contributed by atoms with Gasteiger partial charge in [-0.25, -0.2) is 0 Å². The first-order valence-electron chi connectivity index (χ1n) is 7.17. The summed E-state index contributed by atoms with van der Waals surface area (Å²) < 4.78 is 5.87. The lowest BCUT2D eigenvalue weighted by molar-refractivity contribution is -0.119. The number of ether oxygens (including phenoxy) is 1. The van der Waals surface area contributed by atoms with E-state index >= 15 is 0 Å². The average molecular weight is 427 g/mol. The zero-order valence-corrected chi connectivity index (χ0v) is 16.0. The average Bonchev–Trinajstić information content (AvgIpc) is 3.24. The predicted octanol–water partition coefficient (Wildman–Crippen LogP) is 3.67. The molecule has 1 unspecified atom stereocenters. The van der Waals surface area contributed by atoms with Crippen molar-refractivity contribution < 1.29 is 14.3 Å². The summed E-state index contributed by atoms with van der Waals surface area (Å²) in [6, 6.07) is 8.49. The van der Waals surface area contributed by atoms with E-state index in [0.29, 0.717) is 22.2 Å². The number of halogens is 1. The Bertz CT molecular complexity index is 748. The highest BCUT2D eigenvalue weighted by Gasteiger charge is 2.36. The summed E-state index contributed by atoms with van der Waals surface area (Å²) in [4.78, 5) is 27.5. The van der Waals surface area contributed by atoms with Gasteiger partial charge in [-0.1, -0.05) is 0 Å². The van der Waals surface area contributed by atoms with Crippen LogP contribution in [-0.4, -0.2) is 41.5 Å². The number of benzene rings is 1. The van der Waals surface area contributed by atoms with Gasteiger partial charge < -0.3 is 15.0 Å². The normalized spacial score (nSPS) is 16.9. The van der Waals surface area contributed by atoms with E-state index in [9.17, 15) is 9.59 Å². The minimum absolute atomic E-state index is 0.114. The standard InChI is InChI=1S/C16H15BrN2O3S2/c1-22-11-4-2-10(3-5-11)18-15(20)13-8-23-9-19(13)16(21)14-12(17)6-7-24-14/h2-7,13H,8-9H2,1H3,(H,18,20). The Morgan fingerprint density at radius 2 is 2.04 bits per heavy atom. The number of nitrogens with one attached hydrogen (secondary N) is 1. The van der Waals surface area contributed by atoms with Crippen LogP contribution in [0, 0.1) is 0 Å². The maximum atomic E-state index is 12.7. The molecular weight excluding hydrogens is 412 g/mol. The van der Waals surface area contributed by atoms with Gasteiger partial charge in [0.2, 0.25) is 5.91 Å². The second-order valence-electron chi connectivity index (χ2n) is 5.11. The van der Waals surface area contributed by atoms with Gasteiger partial charge in [-0.3, -0.25) is 9.59 Å². The molecule has 2 aromatic rings. The number of amides is 2. The second-order valence-corrected chi connectivity index (χ2v) is 7.88. The van der Waals surface area contributed by atoms with Crippen LogP contribution in [0.2, 0.25) is 0 Å². The van der Waals surface area contributed by atoms with Crippen LogP contribution in [0.25, 0.3) is 0 Å². The van der Waals surface area contributed by atoms with Crippen molar-refractivity contribution in [3.63, 3.8) is 0 Å². The van der Waals surface area contributed by atoms with Crippen molar-refractivity contribution >= 4 is 56.5 Å². The molecular formula is C16H15BrN2O3S2. The molecule has 24 heavy (non-hydrogen) atoms. The van der Waals surface area contributed by atoms with Crippen LogP contribution >= 0.6 is 39.0 Å². The van der Waals surface area contributed by atoms with Crippen LogP contribution < -0.4 is 10.1 Å². The van der Waals surface area contributed by atoms with Gasteiger partial charge in [0.15, 0.2) is 0 Å². The van der Waals surface area contributed by atoms with Crippen molar-refractivity contribution in [1.82, 2.24) is 4.90 Å². The van der Waals surface area contributed by atoms with Crippen molar-refractivity contribution in [2.75, 3.05) is 24.1 Å².